The average molecular weight is 470 g/mol. The molecule has 0 bridgehead atoms. The highest BCUT2D eigenvalue weighted by Gasteiger charge is 2.25. The lowest BCUT2D eigenvalue weighted by Crippen LogP contribution is -2.42. The molecule has 2 aromatic heterocycles. The van der Waals surface area contributed by atoms with Crippen LogP contribution in [0, 0.1) is 0 Å². The van der Waals surface area contributed by atoms with Gasteiger partial charge in [-0.1, -0.05) is 0 Å². The van der Waals surface area contributed by atoms with Crippen LogP contribution in [-0.2, 0) is 9.53 Å². The first kappa shape index (κ1) is 23.5. The molecule has 0 atom stereocenters. The molecule has 0 radical (unpaired) electrons. The molecule has 8 nitrogen and oxygen atoms in total. The molecule has 1 aliphatic rings. The molecule has 1 aromatic carbocycles. The second-order valence-electron chi connectivity index (χ2n) is 9.08. The first-order chi connectivity index (χ1) is 15.8. The Labute approximate surface area is 198 Å². The van der Waals surface area contributed by atoms with Crippen LogP contribution in [-0.4, -0.2) is 68.2 Å². The number of carbonyl (C=O) groups is 1. The summed E-state index contributed by atoms with van der Waals surface area (Å²) in [5.41, 5.74) is 1.42. The number of thioether (sulfide) groups is 1. The smallest absolute Gasteiger partial charge is 0.228 e. The van der Waals surface area contributed by atoms with Gasteiger partial charge in [-0.05, 0) is 51.3 Å². The third kappa shape index (κ3) is 5.83. The molecule has 0 aliphatic carbocycles. The molecule has 3 heterocycles. The molecule has 1 aliphatic heterocycles. The van der Waals surface area contributed by atoms with E-state index in [0.717, 1.165) is 23.9 Å². The number of benzene rings is 1. The fourth-order valence-electron chi connectivity index (χ4n) is 3.81. The van der Waals surface area contributed by atoms with Crippen molar-refractivity contribution in [2.45, 2.75) is 56.6 Å². The van der Waals surface area contributed by atoms with Crippen molar-refractivity contribution in [3.8, 4) is 11.6 Å². The van der Waals surface area contributed by atoms with Crippen molar-refractivity contribution >= 4 is 28.7 Å². The fourth-order valence-corrected chi connectivity index (χ4v) is 4.22. The maximum absolute atomic E-state index is 12.5. The summed E-state index contributed by atoms with van der Waals surface area (Å²) in [6.45, 7) is 7.78. The van der Waals surface area contributed by atoms with E-state index in [1.807, 2.05) is 37.8 Å². The van der Waals surface area contributed by atoms with Crippen molar-refractivity contribution in [2.75, 3.05) is 26.0 Å². The minimum Gasteiger partial charge on any atom is -0.474 e. The maximum atomic E-state index is 12.5. The number of nitrogens with zero attached hydrogens (tertiary/aromatic N) is 5. The fraction of sp³-hybridized carbons (Fsp3) is 0.500. The van der Waals surface area contributed by atoms with Gasteiger partial charge in [0.1, 0.15) is 17.8 Å². The summed E-state index contributed by atoms with van der Waals surface area (Å²) in [6.07, 6.45) is 7.26. The van der Waals surface area contributed by atoms with Crippen molar-refractivity contribution in [1.29, 1.82) is 0 Å². The Kier molecular flexibility index (Phi) is 7.19. The molecule has 0 spiro atoms. The molecular weight excluding hydrogens is 438 g/mol. The van der Waals surface area contributed by atoms with Crippen molar-refractivity contribution in [2.24, 2.45) is 0 Å². The van der Waals surface area contributed by atoms with Crippen LogP contribution < -0.4 is 4.74 Å². The van der Waals surface area contributed by atoms with E-state index in [1.54, 1.807) is 22.6 Å². The molecule has 1 fully saturated rings. The third-order valence-electron chi connectivity index (χ3n) is 5.57. The van der Waals surface area contributed by atoms with Crippen molar-refractivity contribution in [3.05, 3.63) is 36.8 Å². The van der Waals surface area contributed by atoms with Gasteiger partial charge < -0.3 is 14.4 Å². The lowest BCUT2D eigenvalue weighted by atomic mass is 10.1. The second kappa shape index (κ2) is 10.1. The van der Waals surface area contributed by atoms with Crippen LogP contribution in [0.2, 0.25) is 0 Å². The minimum absolute atomic E-state index is 0.00203. The van der Waals surface area contributed by atoms with Crippen molar-refractivity contribution in [1.82, 2.24) is 24.6 Å². The minimum atomic E-state index is -0.226. The van der Waals surface area contributed by atoms with Crippen LogP contribution in [0.1, 0.15) is 40.0 Å². The van der Waals surface area contributed by atoms with E-state index in [2.05, 4.69) is 33.5 Å². The highest BCUT2D eigenvalue weighted by atomic mass is 32.2. The van der Waals surface area contributed by atoms with Gasteiger partial charge in [0.05, 0.1) is 30.5 Å². The number of rotatable bonds is 7. The Morgan fingerprint density at radius 3 is 2.55 bits per heavy atom. The van der Waals surface area contributed by atoms with Gasteiger partial charge in [-0.3, -0.25) is 4.79 Å². The van der Waals surface area contributed by atoms with Gasteiger partial charge >= 0.3 is 0 Å². The SMILES string of the molecule is CSc1ccc(-n2ncc3c(OC4CCN(C(=O)CCOC(C)(C)C)CC4)ncnc32)cc1. The number of aromatic nitrogens is 4. The molecule has 9 heteroatoms. The second-order valence-corrected chi connectivity index (χ2v) is 9.96. The Balaban J connectivity index is 1.37. The molecular formula is C24H31N5O3S. The monoisotopic (exact) mass is 469 g/mol. The van der Waals surface area contributed by atoms with Crippen LogP contribution in [0.15, 0.2) is 41.7 Å². The molecule has 0 unspecified atom stereocenters. The first-order valence-corrected chi connectivity index (χ1v) is 12.5. The number of piperidine rings is 1. The van der Waals surface area contributed by atoms with E-state index in [-0.39, 0.29) is 17.6 Å². The van der Waals surface area contributed by atoms with Gasteiger partial charge in [0, 0.05) is 30.8 Å². The summed E-state index contributed by atoms with van der Waals surface area (Å²) in [6, 6.07) is 8.19. The van der Waals surface area contributed by atoms with Gasteiger partial charge in [0.2, 0.25) is 11.8 Å². The van der Waals surface area contributed by atoms with E-state index >= 15 is 0 Å². The molecule has 3 aromatic rings. The number of hydrogen-bond donors (Lipinski definition) is 0. The predicted molar refractivity (Wildman–Crippen MR) is 129 cm³/mol. The van der Waals surface area contributed by atoms with Crippen LogP contribution in [0.5, 0.6) is 5.88 Å². The largest absolute Gasteiger partial charge is 0.474 e. The normalized spacial score (nSPS) is 15.2. The third-order valence-corrected chi connectivity index (χ3v) is 6.31. The summed E-state index contributed by atoms with van der Waals surface area (Å²) in [7, 11) is 0. The number of likely N-dealkylation sites (tertiary alicyclic amines) is 1. The molecule has 0 N–H and O–H groups in total. The quantitative estimate of drug-likeness (QED) is 0.482. The first-order valence-electron chi connectivity index (χ1n) is 11.3. The van der Waals surface area contributed by atoms with Crippen LogP contribution in [0.3, 0.4) is 0 Å². The Morgan fingerprint density at radius 2 is 1.88 bits per heavy atom. The number of fused-ring (bicyclic) bond motifs is 1. The molecule has 1 amide bonds. The van der Waals surface area contributed by atoms with Gasteiger partial charge in [0.25, 0.3) is 0 Å². The van der Waals surface area contributed by atoms with Crippen LogP contribution >= 0.6 is 11.8 Å². The molecule has 4 rings (SSSR count). The Bertz CT molecular complexity index is 1090. The van der Waals surface area contributed by atoms with Crippen LogP contribution in [0.4, 0.5) is 0 Å². The number of hydrogen-bond acceptors (Lipinski definition) is 7. The molecule has 176 valence electrons. The van der Waals surface area contributed by atoms with Gasteiger partial charge in [-0.15, -0.1) is 11.8 Å². The lowest BCUT2D eigenvalue weighted by molar-refractivity contribution is -0.135. The van der Waals surface area contributed by atoms with Crippen molar-refractivity contribution < 1.29 is 14.3 Å². The lowest BCUT2D eigenvalue weighted by Gasteiger charge is -2.32. The zero-order chi connectivity index (χ0) is 23.4. The summed E-state index contributed by atoms with van der Waals surface area (Å²) in [5.74, 6) is 0.672. The zero-order valence-electron chi connectivity index (χ0n) is 19.7. The number of carbonyl (C=O) groups excluding carboxylic acids is 1. The standard InChI is InChI=1S/C24H31N5O3S/c1-24(2,3)31-14-11-21(30)28-12-9-18(10-13-28)32-23-20-15-27-29(22(20)25-16-26-23)17-5-7-19(33-4)8-6-17/h5-8,15-16,18H,9-14H2,1-4H3. The topological polar surface area (TPSA) is 82.4 Å². The van der Waals surface area contributed by atoms with E-state index in [0.29, 0.717) is 37.6 Å². The van der Waals surface area contributed by atoms with Gasteiger partial charge in [-0.2, -0.15) is 5.10 Å². The Hall–Kier alpha value is -2.65. The highest BCUT2D eigenvalue weighted by molar-refractivity contribution is 7.98. The highest BCUT2D eigenvalue weighted by Crippen LogP contribution is 2.27. The molecule has 1 saturated heterocycles. The molecule has 33 heavy (non-hydrogen) atoms. The number of amides is 1. The summed E-state index contributed by atoms with van der Waals surface area (Å²) in [4.78, 5) is 24.4. The summed E-state index contributed by atoms with van der Waals surface area (Å²) in [5, 5.41) is 5.30. The number of ether oxygens (including phenoxy) is 2. The van der Waals surface area contributed by atoms with Crippen LogP contribution in [0.25, 0.3) is 16.7 Å². The Morgan fingerprint density at radius 1 is 1.15 bits per heavy atom. The van der Waals surface area contributed by atoms with Gasteiger partial charge in [-0.25, -0.2) is 14.6 Å². The molecule has 0 saturated carbocycles. The average Bonchev–Trinajstić information content (AvgIpc) is 3.24. The van der Waals surface area contributed by atoms with E-state index in [1.165, 1.54) is 11.2 Å². The summed E-state index contributed by atoms with van der Waals surface area (Å²) < 4.78 is 13.7. The van der Waals surface area contributed by atoms with Crippen molar-refractivity contribution in [3.63, 3.8) is 0 Å². The van der Waals surface area contributed by atoms with E-state index < -0.39 is 0 Å². The van der Waals surface area contributed by atoms with Gasteiger partial charge in [0.15, 0.2) is 5.65 Å². The summed E-state index contributed by atoms with van der Waals surface area (Å²) >= 11 is 1.70. The zero-order valence-corrected chi connectivity index (χ0v) is 20.5. The predicted octanol–water partition coefficient (Wildman–Crippen LogP) is 4.11. The van der Waals surface area contributed by atoms with E-state index in [9.17, 15) is 4.79 Å². The maximum Gasteiger partial charge on any atom is 0.228 e. The van der Waals surface area contributed by atoms with E-state index in [4.69, 9.17) is 9.47 Å².